The number of carbonyl (C=O) groups excluding carboxylic acids is 1. The molecule has 1 aromatic heterocycles. The van der Waals surface area contributed by atoms with Crippen LogP contribution in [0.1, 0.15) is 12.0 Å². The van der Waals surface area contributed by atoms with Gasteiger partial charge in [0.25, 0.3) is 5.56 Å². The molecule has 9 heteroatoms. The van der Waals surface area contributed by atoms with Crippen molar-refractivity contribution in [3.63, 3.8) is 0 Å². The van der Waals surface area contributed by atoms with Crippen LogP contribution >= 0.6 is 0 Å². The van der Waals surface area contributed by atoms with E-state index >= 15 is 0 Å². The topological polar surface area (TPSA) is 107 Å². The monoisotopic (exact) mass is 388 g/mol. The highest BCUT2D eigenvalue weighted by atomic mass is 19.2. The molecule has 0 saturated carbocycles. The predicted octanol–water partition coefficient (Wildman–Crippen LogP) is 0.734. The number of nitrogens with one attached hydrogen (secondary N) is 3. The molecular formula is C19H18F2N4O3. The summed E-state index contributed by atoms with van der Waals surface area (Å²) in [4.78, 5) is 27.1. The van der Waals surface area contributed by atoms with Crippen LogP contribution in [-0.2, 0) is 16.0 Å². The Kier molecular flexibility index (Phi) is 4.83. The molecule has 2 aliphatic heterocycles. The molecule has 3 unspecified atom stereocenters. The van der Waals surface area contributed by atoms with Crippen LogP contribution in [0.2, 0.25) is 0 Å². The Balaban J connectivity index is 1.47. The summed E-state index contributed by atoms with van der Waals surface area (Å²) in [7, 11) is 0. The van der Waals surface area contributed by atoms with Crippen LogP contribution in [-0.4, -0.2) is 42.2 Å². The standard InChI is InChI=1S/C19H18F2N4O3/c20-12-1-2-13-11(17(12)21)4-10(19(27)25-13)5-16(26)24-14-8-28-15-3-9(6-22)7-23-18(14)15/h1-2,4,9,14-15,18,23H,3,5,7-8H2,(H,24,26)(H,25,27)/t9?,14-,15?,18?/m0/s1. The number of amides is 1. The van der Waals surface area contributed by atoms with Crippen molar-refractivity contribution >= 4 is 16.8 Å². The normalized spacial score (nSPS) is 26.6. The van der Waals surface area contributed by atoms with Gasteiger partial charge in [0.15, 0.2) is 11.6 Å². The molecule has 1 aromatic carbocycles. The molecular weight excluding hydrogens is 370 g/mol. The summed E-state index contributed by atoms with van der Waals surface area (Å²) in [6.07, 6.45) is 0.191. The summed E-state index contributed by atoms with van der Waals surface area (Å²) in [5.74, 6) is -2.63. The molecule has 4 rings (SSSR count). The highest BCUT2D eigenvalue weighted by molar-refractivity contribution is 5.83. The van der Waals surface area contributed by atoms with E-state index in [0.717, 1.165) is 6.07 Å². The minimum Gasteiger partial charge on any atom is -0.374 e. The molecule has 0 spiro atoms. The second-order valence-electron chi connectivity index (χ2n) is 7.16. The van der Waals surface area contributed by atoms with Gasteiger partial charge in [0.1, 0.15) is 0 Å². The van der Waals surface area contributed by atoms with Gasteiger partial charge in [0.05, 0.1) is 48.7 Å². The summed E-state index contributed by atoms with van der Waals surface area (Å²) >= 11 is 0. The zero-order chi connectivity index (χ0) is 19.8. The summed E-state index contributed by atoms with van der Waals surface area (Å²) < 4.78 is 33.1. The van der Waals surface area contributed by atoms with Gasteiger partial charge < -0.3 is 20.4 Å². The summed E-state index contributed by atoms with van der Waals surface area (Å²) in [6, 6.07) is 5.24. The van der Waals surface area contributed by atoms with E-state index in [4.69, 9.17) is 10.00 Å². The second-order valence-corrected chi connectivity index (χ2v) is 7.16. The van der Waals surface area contributed by atoms with Crippen LogP contribution in [0.25, 0.3) is 10.9 Å². The molecule has 0 radical (unpaired) electrons. The Morgan fingerprint density at radius 3 is 3.00 bits per heavy atom. The number of piperidine rings is 1. The molecule has 7 nitrogen and oxygen atoms in total. The Morgan fingerprint density at radius 1 is 1.39 bits per heavy atom. The van der Waals surface area contributed by atoms with Crippen molar-refractivity contribution in [2.75, 3.05) is 13.2 Å². The number of aromatic nitrogens is 1. The van der Waals surface area contributed by atoms with Gasteiger partial charge in [-0.3, -0.25) is 9.59 Å². The van der Waals surface area contributed by atoms with Crippen molar-refractivity contribution in [2.45, 2.75) is 31.0 Å². The number of ether oxygens (including phenoxy) is 1. The number of H-pyrrole nitrogens is 1. The molecule has 1 amide bonds. The maximum atomic E-state index is 14.0. The first-order valence-corrected chi connectivity index (χ1v) is 9.00. The number of carbonyl (C=O) groups is 1. The third-order valence-corrected chi connectivity index (χ3v) is 5.31. The number of nitrogens with zero attached hydrogens (tertiary/aromatic N) is 1. The van der Waals surface area contributed by atoms with E-state index in [9.17, 15) is 18.4 Å². The number of hydrogen-bond donors (Lipinski definition) is 3. The van der Waals surface area contributed by atoms with E-state index in [2.05, 4.69) is 21.7 Å². The first-order valence-electron chi connectivity index (χ1n) is 9.00. The van der Waals surface area contributed by atoms with E-state index in [-0.39, 0.29) is 47.0 Å². The molecule has 2 aromatic rings. The Bertz CT molecular complexity index is 1030. The molecule has 28 heavy (non-hydrogen) atoms. The average Bonchev–Trinajstić information content (AvgIpc) is 3.08. The third kappa shape index (κ3) is 3.37. The van der Waals surface area contributed by atoms with Gasteiger partial charge in [-0.1, -0.05) is 0 Å². The molecule has 0 aliphatic carbocycles. The van der Waals surface area contributed by atoms with Crippen molar-refractivity contribution in [1.82, 2.24) is 15.6 Å². The van der Waals surface area contributed by atoms with E-state index in [1.807, 2.05) is 0 Å². The zero-order valence-corrected chi connectivity index (χ0v) is 14.8. The Labute approximate surface area is 158 Å². The lowest BCUT2D eigenvalue weighted by Crippen LogP contribution is -2.56. The lowest BCUT2D eigenvalue weighted by atomic mass is 9.91. The highest BCUT2D eigenvalue weighted by Crippen LogP contribution is 2.25. The number of hydrogen-bond acceptors (Lipinski definition) is 5. The molecule has 4 atom stereocenters. The van der Waals surface area contributed by atoms with Crippen LogP contribution in [0.4, 0.5) is 8.78 Å². The zero-order valence-electron chi connectivity index (χ0n) is 14.8. The fourth-order valence-electron chi connectivity index (χ4n) is 3.87. The fraction of sp³-hybridized carbons (Fsp3) is 0.421. The molecule has 0 bridgehead atoms. The van der Waals surface area contributed by atoms with Crippen molar-refractivity contribution < 1.29 is 18.3 Å². The van der Waals surface area contributed by atoms with Crippen molar-refractivity contribution in [1.29, 1.82) is 5.26 Å². The summed E-state index contributed by atoms with van der Waals surface area (Å²) in [6.45, 7) is 0.836. The third-order valence-electron chi connectivity index (χ3n) is 5.31. The van der Waals surface area contributed by atoms with Crippen LogP contribution in [0.3, 0.4) is 0 Å². The minimum absolute atomic E-state index is 0.0473. The van der Waals surface area contributed by atoms with Gasteiger partial charge in [-0.05, 0) is 24.6 Å². The van der Waals surface area contributed by atoms with E-state index < -0.39 is 23.1 Å². The molecule has 2 saturated heterocycles. The van der Waals surface area contributed by atoms with Crippen molar-refractivity contribution in [2.24, 2.45) is 5.92 Å². The number of nitriles is 1. The van der Waals surface area contributed by atoms with E-state index in [1.54, 1.807) is 0 Å². The fourth-order valence-corrected chi connectivity index (χ4v) is 3.87. The maximum absolute atomic E-state index is 14.0. The number of halogens is 2. The quantitative estimate of drug-likeness (QED) is 0.719. The lowest BCUT2D eigenvalue weighted by molar-refractivity contribution is -0.121. The number of benzene rings is 1. The highest BCUT2D eigenvalue weighted by Gasteiger charge is 2.42. The summed E-state index contributed by atoms with van der Waals surface area (Å²) in [5.41, 5.74) is -0.313. The number of fused-ring (bicyclic) bond motifs is 2. The SMILES string of the molecule is N#CC1CNC2C(C1)OC[C@@H]2NC(=O)Cc1cc2c(F)c(F)ccc2[nH]c1=O. The van der Waals surface area contributed by atoms with E-state index in [0.29, 0.717) is 19.6 Å². The second kappa shape index (κ2) is 7.30. The Hall–Kier alpha value is -2.83. The Morgan fingerprint density at radius 2 is 2.21 bits per heavy atom. The van der Waals surface area contributed by atoms with Gasteiger partial charge >= 0.3 is 0 Å². The van der Waals surface area contributed by atoms with E-state index in [1.165, 1.54) is 12.1 Å². The van der Waals surface area contributed by atoms with Gasteiger partial charge in [0.2, 0.25) is 5.91 Å². The van der Waals surface area contributed by atoms with Gasteiger partial charge in [-0.25, -0.2) is 8.78 Å². The molecule has 3 N–H and O–H groups in total. The molecule has 146 valence electrons. The number of aromatic amines is 1. The van der Waals surface area contributed by atoms with Crippen LogP contribution in [0.15, 0.2) is 23.0 Å². The number of rotatable bonds is 3. The van der Waals surface area contributed by atoms with Crippen LogP contribution in [0.5, 0.6) is 0 Å². The molecule has 3 heterocycles. The van der Waals surface area contributed by atoms with Crippen molar-refractivity contribution in [3.05, 3.63) is 45.8 Å². The molecule has 2 fully saturated rings. The maximum Gasteiger partial charge on any atom is 0.252 e. The number of pyridine rings is 1. The van der Waals surface area contributed by atoms with Crippen LogP contribution < -0.4 is 16.2 Å². The predicted molar refractivity (Wildman–Crippen MR) is 95.4 cm³/mol. The first-order chi connectivity index (χ1) is 13.5. The average molecular weight is 388 g/mol. The smallest absolute Gasteiger partial charge is 0.252 e. The lowest BCUT2D eigenvalue weighted by Gasteiger charge is -2.31. The van der Waals surface area contributed by atoms with Gasteiger partial charge in [-0.2, -0.15) is 5.26 Å². The van der Waals surface area contributed by atoms with Crippen LogP contribution in [0, 0.1) is 28.9 Å². The van der Waals surface area contributed by atoms with Crippen molar-refractivity contribution in [3.8, 4) is 6.07 Å². The largest absolute Gasteiger partial charge is 0.374 e. The van der Waals surface area contributed by atoms with Gasteiger partial charge in [-0.15, -0.1) is 0 Å². The van der Waals surface area contributed by atoms with Gasteiger partial charge in [0, 0.05) is 17.5 Å². The summed E-state index contributed by atoms with van der Waals surface area (Å²) in [5, 5.41) is 15.0. The molecule has 2 aliphatic rings. The minimum atomic E-state index is -1.07. The first kappa shape index (κ1) is 18.5.